The Hall–Kier alpha value is -1.55. The molecule has 0 fully saturated rings. The van der Waals surface area contributed by atoms with Crippen molar-refractivity contribution in [3.8, 4) is 0 Å². The molecule has 0 aliphatic rings. The first-order chi connectivity index (χ1) is 7.58. The van der Waals surface area contributed by atoms with Gasteiger partial charge in [-0.25, -0.2) is 4.98 Å². The molecule has 1 heterocycles. The molecule has 0 amide bonds. The van der Waals surface area contributed by atoms with E-state index in [9.17, 15) is 4.79 Å². The molecule has 1 N–H and O–H groups in total. The van der Waals surface area contributed by atoms with Gasteiger partial charge in [0.1, 0.15) is 5.52 Å². The molecule has 4 nitrogen and oxygen atoms in total. The maximum atomic E-state index is 10.6. The summed E-state index contributed by atoms with van der Waals surface area (Å²) in [6.07, 6.45) is 1.39. The Morgan fingerprint density at radius 1 is 1.62 bits per heavy atom. The summed E-state index contributed by atoms with van der Waals surface area (Å²) in [5.74, 6) is -0.931. The summed E-state index contributed by atoms with van der Waals surface area (Å²) < 4.78 is 5.11. The molecule has 2 rings (SSSR count). The Labute approximate surface area is 96.8 Å². The van der Waals surface area contributed by atoms with Crippen molar-refractivity contribution < 1.29 is 14.3 Å². The maximum absolute atomic E-state index is 10.6. The van der Waals surface area contributed by atoms with E-state index in [4.69, 9.17) is 21.1 Å². The van der Waals surface area contributed by atoms with Gasteiger partial charge in [0.05, 0.1) is 11.4 Å². The van der Waals surface area contributed by atoms with Crippen molar-refractivity contribution in [3.05, 3.63) is 29.1 Å². The van der Waals surface area contributed by atoms with E-state index in [2.05, 4.69) is 4.98 Å². The number of hydrogen-bond donors (Lipinski definition) is 1. The molecule has 84 valence electrons. The van der Waals surface area contributed by atoms with Crippen LogP contribution in [0.2, 0.25) is 5.02 Å². The van der Waals surface area contributed by atoms with Crippen LogP contribution in [0.3, 0.4) is 0 Å². The second-order valence-corrected chi connectivity index (χ2v) is 4.11. The van der Waals surface area contributed by atoms with Gasteiger partial charge in [0.25, 0.3) is 0 Å². The lowest BCUT2D eigenvalue weighted by molar-refractivity contribution is -0.137. The smallest absolute Gasteiger partial charge is 0.303 e. The van der Waals surface area contributed by atoms with Crippen LogP contribution in [0.25, 0.3) is 11.1 Å². The minimum atomic E-state index is -0.830. The number of rotatable bonds is 3. The molecule has 0 aliphatic heterocycles. The summed E-state index contributed by atoms with van der Waals surface area (Å²) in [5.41, 5.74) is 2.04. The maximum Gasteiger partial charge on any atom is 0.303 e. The van der Waals surface area contributed by atoms with Gasteiger partial charge in [0.15, 0.2) is 12.0 Å². The summed E-state index contributed by atoms with van der Waals surface area (Å²) >= 11 is 6.00. The van der Waals surface area contributed by atoms with E-state index in [1.165, 1.54) is 6.39 Å². The molecule has 1 atom stereocenters. The van der Waals surface area contributed by atoms with Crippen LogP contribution in [0.1, 0.15) is 24.8 Å². The van der Waals surface area contributed by atoms with Gasteiger partial charge in [-0.3, -0.25) is 4.79 Å². The summed E-state index contributed by atoms with van der Waals surface area (Å²) in [6.45, 7) is 1.84. The zero-order valence-corrected chi connectivity index (χ0v) is 9.36. The summed E-state index contributed by atoms with van der Waals surface area (Å²) in [6, 6.07) is 3.53. The summed E-state index contributed by atoms with van der Waals surface area (Å²) in [7, 11) is 0. The lowest BCUT2D eigenvalue weighted by atomic mass is 9.97. The third-order valence-corrected chi connectivity index (χ3v) is 2.74. The number of hydrogen-bond acceptors (Lipinski definition) is 3. The first-order valence-corrected chi connectivity index (χ1v) is 5.20. The monoisotopic (exact) mass is 239 g/mol. The van der Waals surface area contributed by atoms with Crippen LogP contribution in [-0.2, 0) is 4.79 Å². The molecule has 1 aromatic carbocycles. The van der Waals surface area contributed by atoms with Crippen LogP contribution < -0.4 is 0 Å². The topological polar surface area (TPSA) is 63.3 Å². The number of nitrogens with zero attached hydrogens (tertiary/aromatic N) is 1. The molecule has 0 spiro atoms. The Morgan fingerprint density at radius 3 is 3.06 bits per heavy atom. The molecule has 0 radical (unpaired) electrons. The van der Waals surface area contributed by atoms with Crippen LogP contribution in [0.4, 0.5) is 0 Å². The van der Waals surface area contributed by atoms with E-state index in [1.54, 1.807) is 12.1 Å². The van der Waals surface area contributed by atoms with Crippen molar-refractivity contribution in [2.45, 2.75) is 19.3 Å². The van der Waals surface area contributed by atoms with Gasteiger partial charge in [0, 0.05) is 0 Å². The van der Waals surface area contributed by atoms with Crippen LogP contribution in [-0.4, -0.2) is 16.1 Å². The first kappa shape index (κ1) is 11.0. The highest BCUT2D eigenvalue weighted by molar-refractivity contribution is 6.34. The molecule has 0 bridgehead atoms. The Balaban J connectivity index is 2.41. The molecule has 5 heteroatoms. The van der Waals surface area contributed by atoms with Crippen LogP contribution >= 0.6 is 11.6 Å². The normalized spacial score (nSPS) is 12.9. The summed E-state index contributed by atoms with van der Waals surface area (Å²) in [5, 5.41) is 9.18. The highest BCUT2D eigenvalue weighted by Gasteiger charge is 2.14. The standard InChI is InChI=1S/C11H10ClNO3/c1-6(2-10(14)15)7-3-8(12)11-9(4-7)13-5-16-11/h3-6H,2H2,1H3,(H,14,15). The fourth-order valence-electron chi connectivity index (χ4n) is 1.61. The van der Waals surface area contributed by atoms with Crippen molar-refractivity contribution in [2.75, 3.05) is 0 Å². The van der Waals surface area contributed by atoms with Gasteiger partial charge < -0.3 is 9.52 Å². The van der Waals surface area contributed by atoms with Crippen molar-refractivity contribution in [1.82, 2.24) is 4.98 Å². The minimum Gasteiger partial charge on any atom is -0.481 e. The molecule has 2 aromatic rings. The molecular weight excluding hydrogens is 230 g/mol. The van der Waals surface area contributed by atoms with Crippen molar-refractivity contribution in [1.29, 1.82) is 0 Å². The highest BCUT2D eigenvalue weighted by Crippen LogP contribution is 2.29. The predicted molar refractivity (Wildman–Crippen MR) is 59.7 cm³/mol. The van der Waals surface area contributed by atoms with Gasteiger partial charge in [-0.2, -0.15) is 0 Å². The first-order valence-electron chi connectivity index (χ1n) is 4.82. The number of carbonyl (C=O) groups is 1. The molecule has 0 aliphatic carbocycles. The van der Waals surface area contributed by atoms with E-state index < -0.39 is 5.97 Å². The number of halogens is 1. The van der Waals surface area contributed by atoms with Gasteiger partial charge in [-0.1, -0.05) is 18.5 Å². The van der Waals surface area contributed by atoms with Crippen LogP contribution in [0, 0.1) is 0 Å². The highest BCUT2D eigenvalue weighted by atomic mass is 35.5. The van der Waals surface area contributed by atoms with Gasteiger partial charge >= 0.3 is 5.97 Å². The van der Waals surface area contributed by atoms with Crippen molar-refractivity contribution >= 4 is 28.7 Å². The zero-order chi connectivity index (χ0) is 11.7. The number of fused-ring (bicyclic) bond motifs is 1. The van der Waals surface area contributed by atoms with E-state index in [0.29, 0.717) is 16.1 Å². The van der Waals surface area contributed by atoms with Gasteiger partial charge in [-0.15, -0.1) is 0 Å². The molecule has 16 heavy (non-hydrogen) atoms. The summed E-state index contributed by atoms with van der Waals surface area (Å²) in [4.78, 5) is 14.6. The molecule has 1 unspecified atom stereocenters. The van der Waals surface area contributed by atoms with Gasteiger partial charge in [-0.05, 0) is 23.6 Å². The number of aromatic nitrogens is 1. The Bertz CT molecular complexity index is 535. The lowest BCUT2D eigenvalue weighted by Gasteiger charge is -2.09. The quantitative estimate of drug-likeness (QED) is 0.894. The number of oxazole rings is 1. The number of carboxylic acids is 1. The second-order valence-electron chi connectivity index (χ2n) is 3.70. The fourth-order valence-corrected chi connectivity index (χ4v) is 1.88. The zero-order valence-electron chi connectivity index (χ0n) is 8.61. The second kappa shape index (κ2) is 4.14. The number of aliphatic carboxylic acids is 1. The lowest BCUT2D eigenvalue weighted by Crippen LogP contribution is -2.02. The Morgan fingerprint density at radius 2 is 2.38 bits per heavy atom. The SMILES string of the molecule is CC(CC(=O)O)c1cc(Cl)c2ocnc2c1. The minimum absolute atomic E-state index is 0.0691. The third kappa shape index (κ3) is 2.02. The van der Waals surface area contributed by atoms with E-state index in [1.807, 2.05) is 6.92 Å². The van der Waals surface area contributed by atoms with Crippen LogP contribution in [0.15, 0.2) is 22.9 Å². The molecule has 0 saturated carbocycles. The average Bonchev–Trinajstić information content (AvgIpc) is 2.64. The third-order valence-electron chi connectivity index (χ3n) is 2.46. The Kier molecular flexibility index (Phi) is 2.83. The van der Waals surface area contributed by atoms with E-state index >= 15 is 0 Å². The number of benzene rings is 1. The van der Waals surface area contributed by atoms with Gasteiger partial charge in [0.2, 0.25) is 0 Å². The molecule has 1 aromatic heterocycles. The van der Waals surface area contributed by atoms with E-state index in [-0.39, 0.29) is 12.3 Å². The number of carboxylic acid groups (broad SMARTS) is 1. The fraction of sp³-hybridized carbons (Fsp3) is 0.273. The van der Waals surface area contributed by atoms with E-state index in [0.717, 1.165) is 5.56 Å². The average molecular weight is 240 g/mol. The molecule has 0 saturated heterocycles. The van der Waals surface area contributed by atoms with Crippen molar-refractivity contribution in [3.63, 3.8) is 0 Å². The molecular formula is C11H10ClNO3. The predicted octanol–water partition coefficient (Wildman–Crippen LogP) is 3.06. The van der Waals surface area contributed by atoms with Crippen molar-refractivity contribution in [2.24, 2.45) is 0 Å². The largest absolute Gasteiger partial charge is 0.481 e. The van der Waals surface area contributed by atoms with Crippen LogP contribution in [0.5, 0.6) is 0 Å².